The Hall–Kier alpha value is -1.41. The third-order valence-corrected chi connectivity index (χ3v) is 4.14. The molecule has 0 aromatic heterocycles. The van der Waals surface area contributed by atoms with Crippen molar-refractivity contribution in [1.82, 2.24) is 0 Å². The van der Waals surface area contributed by atoms with Crippen LogP contribution in [0.2, 0.25) is 0 Å². The van der Waals surface area contributed by atoms with Crippen LogP contribution in [0.3, 0.4) is 0 Å². The van der Waals surface area contributed by atoms with Crippen molar-refractivity contribution in [3.05, 3.63) is 70.8 Å². The highest BCUT2D eigenvalue weighted by Gasteiger charge is 2.24. The molecule has 0 amide bonds. The van der Waals surface area contributed by atoms with Crippen LogP contribution in [-0.2, 0) is 0 Å². The van der Waals surface area contributed by atoms with Crippen LogP contribution in [0.4, 0.5) is 8.78 Å². The van der Waals surface area contributed by atoms with Gasteiger partial charge in [0.25, 0.3) is 0 Å². The zero-order chi connectivity index (χ0) is 14.7. The Morgan fingerprint density at radius 3 is 2.30 bits per heavy atom. The monoisotopic (exact) mass is 294 g/mol. The number of rotatable bonds is 4. The van der Waals surface area contributed by atoms with Crippen molar-refractivity contribution < 1.29 is 8.78 Å². The molecular formula is C17H17ClF2. The normalized spacial score (nSPS) is 14.1. The van der Waals surface area contributed by atoms with Gasteiger partial charge in [0.1, 0.15) is 11.6 Å². The summed E-state index contributed by atoms with van der Waals surface area (Å²) in [4.78, 5) is 0. The molecule has 0 aliphatic heterocycles. The molecule has 0 aliphatic carbocycles. The smallest absolute Gasteiger partial charge is 0.130 e. The number of aryl methyl sites for hydroxylation is 1. The van der Waals surface area contributed by atoms with Crippen molar-refractivity contribution in [2.24, 2.45) is 0 Å². The molecule has 20 heavy (non-hydrogen) atoms. The van der Waals surface area contributed by atoms with Crippen LogP contribution < -0.4 is 0 Å². The Morgan fingerprint density at radius 1 is 1.05 bits per heavy atom. The zero-order valence-electron chi connectivity index (χ0n) is 11.5. The van der Waals surface area contributed by atoms with Crippen LogP contribution in [0, 0.1) is 18.6 Å². The first-order valence-electron chi connectivity index (χ1n) is 6.69. The Kier molecular flexibility index (Phi) is 4.77. The molecule has 2 unspecified atom stereocenters. The average molecular weight is 295 g/mol. The molecular weight excluding hydrogens is 278 g/mol. The average Bonchev–Trinajstić information content (AvgIpc) is 2.44. The van der Waals surface area contributed by atoms with Crippen LogP contribution in [0.25, 0.3) is 0 Å². The van der Waals surface area contributed by atoms with Gasteiger partial charge >= 0.3 is 0 Å². The maximum atomic E-state index is 14.0. The molecule has 2 aromatic rings. The molecule has 0 fully saturated rings. The highest BCUT2D eigenvalue weighted by atomic mass is 35.5. The van der Waals surface area contributed by atoms with Gasteiger partial charge in [0.2, 0.25) is 0 Å². The maximum Gasteiger partial charge on any atom is 0.130 e. The molecule has 2 aromatic carbocycles. The van der Waals surface area contributed by atoms with E-state index in [9.17, 15) is 8.78 Å². The standard InChI is InChI=1S/C17H17ClF2/c1-3-13(12-7-5-4-6-8-12)17(18)14-9-11(2)15(19)10-16(14)20/h4-10,13,17H,3H2,1-2H3. The molecule has 0 N–H and O–H groups in total. The molecule has 3 heteroatoms. The SMILES string of the molecule is CCC(c1ccccc1)C(Cl)c1cc(C)c(F)cc1F. The minimum Gasteiger partial charge on any atom is -0.207 e. The summed E-state index contributed by atoms with van der Waals surface area (Å²) in [6.45, 7) is 3.63. The van der Waals surface area contributed by atoms with Gasteiger partial charge in [-0.25, -0.2) is 8.78 Å². The molecule has 2 atom stereocenters. The molecule has 0 nitrogen and oxygen atoms in total. The van der Waals surface area contributed by atoms with Gasteiger partial charge in [0, 0.05) is 17.5 Å². The van der Waals surface area contributed by atoms with Gasteiger partial charge in [-0.1, -0.05) is 37.3 Å². The van der Waals surface area contributed by atoms with E-state index in [1.165, 1.54) is 6.07 Å². The fraction of sp³-hybridized carbons (Fsp3) is 0.294. The van der Waals surface area contributed by atoms with E-state index in [-0.39, 0.29) is 5.92 Å². The molecule has 0 heterocycles. The zero-order valence-corrected chi connectivity index (χ0v) is 12.3. The van der Waals surface area contributed by atoms with Crippen molar-refractivity contribution in [3.63, 3.8) is 0 Å². The van der Waals surface area contributed by atoms with Crippen molar-refractivity contribution in [2.45, 2.75) is 31.6 Å². The fourth-order valence-electron chi connectivity index (χ4n) is 2.42. The van der Waals surface area contributed by atoms with Gasteiger partial charge < -0.3 is 0 Å². The van der Waals surface area contributed by atoms with Gasteiger partial charge in [-0.15, -0.1) is 11.6 Å². The van der Waals surface area contributed by atoms with Crippen LogP contribution in [0.15, 0.2) is 42.5 Å². The number of hydrogen-bond acceptors (Lipinski definition) is 0. The molecule has 2 rings (SSSR count). The van der Waals surface area contributed by atoms with Crippen LogP contribution in [0.1, 0.15) is 41.3 Å². The summed E-state index contributed by atoms with van der Waals surface area (Å²) in [5, 5.41) is -0.512. The third-order valence-electron chi connectivity index (χ3n) is 3.60. The van der Waals surface area contributed by atoms with Crippen molar-refractivity contribution in [1.29, 1.82) is 0 Å². The Balaban J connectivity index is 2.39. The van der Waals surface area contributed by atoms with Crippen LogP contribution >= 0.6 is 11.6 Å². The van der Waals surface area contributed by atoms with Gasteiger partial charge in [0.15, 0.2) is 0 Å². The number of halogens is 3. The van der Waals surface area contributed by atoms with E-state index in [1.807, 2.05) is 37.3 Å². The van der Waals surface area contributed by atoms with Gasteiger partial charge in [0.05, 0.1) is 5.38 Å². The molecule has 0 saturated heterocycles. The van der Waals surface area contributed by atoms with Gasteiger partial charge in [-0.2, -0.15) is 0 Å². The second-order valence-corrected chi connectivity index (χ2v) is 5.42. The first-order valence-corrected chi connectivity index (χ1v) is 7.12. The number of benzene rings is 2. The lowest BCUT2D eigenvalue weighted by Gasteiger charge is -2.22. The summed E-state index contributed by atoms with van der Waals surface area (Å²) in [5.41, 5.74) is 1.84. The largest absolute Gasteiger partial charge is 0.207 e. The Labute approximate surface area is 123 Å². The lowest BCUT2D eigenvalue weighted by Crippen LogP contribution is -2.08. The first-order chi connectivity index (χ1) is 9.54. The van der Waals surface area contributed by atoms with Crippen molar-refractivity contribution in [3.8, 4) is 0 Å². The van der Waals surface area contributed by atoms with Crippen molar-refractivity contribution >= 4 is 11.6 Å². The van der Waals surface area contributed by atoms with E-state index in [1.54, 1.807) is 6.92 Å². The Bertz CT molecular complexity index is 581. The number of alkyl halides is 1. The third kappa shape index (κ3) is 3.01. The van der Waals surface area contributed by atoms with Gasteiger partial charge in [-0.05, 0) is 30.5 Å². The summed E-state index contributed by atoms with van der Waals surface area (Å²) in [6.07, 6.45) is 0.786. The van der Waals surface area contributed by atoms with E-state index >= 15 is 0 Å². The van der Waals surface area contributed by atoms with E-state index in [0.29, 0.717) is 11.1 Å². The summed E-state index contributed by atoms with van der Waals surface area (Å²) >= 11 is 6.47. The number of hydrogen-bond donors (Lipinski definition) is 0. The fourth-order valence-corrected chi connectivity index (χ4v) is 2.91. The molecule has 0 radical (unpaired) electrons. The highest BCUT2D eigenvalue weighted by Crippen LogP contribution is 2.40. The van der Waals surface area contributed by atoms with Gasteiger partial charge in [-0.3, -0.25) is 0 Å². The molecule has 106 valence electrons. The summed E-state index contributed by atoms with van der Waals surface area (Å²) < 4.78 is 27.3. The van der Waals surface area contributed by atoms with E-state index in [0.717, 1.165) is 18.1 Å². The minimum atomic E-state index is -0.581. The van der Waals surface area contributed by atoms with E-state index in [4.69, 9.17) is 11.6 Å². The van der Waals surface area contributed by atoms with E-state index in [2.05, 4.69) is 0 Å². The quantitative estimate of drug-likeness (QED) is 0.630. The summed E-state index contributed by atoms with van der Waals surface area (Å²) in [5.74, 6) is -1.12. The predicted octanol–water partition coefficient (Wildman–Crippen LogP) is 5.75. The maximum absolute atomic E-state index is 14.0. The Morgan fingerprint density at radius 2 is 1.70 bits per heavy atom. The second kappa shape index (κ2) is 6.36. The molecule has 0 aliphatic rings. The predicted molar refractivity (Wildman–Crippen MR) is 79.2 cm³/mol. The summed E-state index contributed by atoms with van der Waals surface area (Å²) in [6, 6.07) is 12.2. The van der Waals surface area contributed by atoms with Crippen molar-refractivity contribution in [2.75, 3.05) is 0 Å². The lowest BCUT2D eigenvalue weighted by atomic mass is 9.88. The topological polar surface area (TPSA) is 0 Å². The second-order valence-electron chi connectivity index (χ2n) is 4.95. The summed E-state index contributed by atoms with van der Waals surface area (Å²) in [7, 11) is 0. The first kappa shape index (κ1) is 15.0. The molecule has 0 saturated carbocycles. The minimum absolute atomic E-state index is 0.00257. The van der Waals surface area contributed by atoms with E-state index < -0.39 is 17.0 Å². The lowest BCUT2D eigenvalue weighted by molar-refractivity contribution is 0.548. The molecule has 0 spiro atoms. The molecule has 0 bridgehead atoms. The van der Waals surface area contributed by atoms with Crippen LogP contribution in [0.5, 0.6) is 0 Å². The van der Waals surface area contributed by atoms with Crippen LogP contribution in [-0.4, -0.2) is 0 Å². The highest BCUT2D eigenvalue weighted by molar-refractivity contribution is 6.21.